The van der Waals surface area contributed by atoms with Crippen molar-refractivity contribution >= 4 is 33.7 Å². The quantitative estimate of drug-likeness (QED) is 0.591. The van der Waals surface area contributed by atoms with Gasteiger partial charge >= 0.3 is 6.18 Å². The maximum atomic E-state index is 13.0. The predicted octanol–water partition coefficient (Wildman–Crippen LogP) is 0.890. The van der Waals surface area contributed by atoms with E-state index in [2.05, 4.69) is 0 Å². The smallest absolute Gasteiger partial charge is 0.426 e. The van der Waals surface area contributed by atoms with E-state index in [0.29, 0.717) is 11.1 Å². The van der Waals surface area contributed by atoms with Gasteiger partial charge in [0.25, 0.3) is 10.1 Å². The average molecular weight is 342 g/mol. The Kier molecular flexibility index (Phi) is 6.64. The van der Waals surface area contributed by atoms with Crippen molar-refractivity contribution in [3.8, 4) is 5.75 Å². The topological polar surface area (TPSA) is 63.6 Å². The molecule has 0 heterocycles. The minimum Gasteiger partial charge on any atom is -0.479 e. The zero-order valence-corrected chi connectivity index (χ0v) is 12.8. The highest BCUT2D eigenvalue weighted by atomic mass is 32.2. The molecule has 0 aromatic heterocycles. The van der Waals surface area contributed by atoms with Crippen molar-refractivity contribution in [3.63, 3.8) is 0 Å². The number of benzene rings is 1. The average Bonchev–Trinajstić information content (AvgIpc) is 2.43. The van der Waals surface area contributed by atoms with Crippen LogP contribution in [-0.2, 0) is 29.1 Å². The lowest BCUT2D eigenvalue weighted by molar-refractivity contribution is -0.188. The van der Waals surface area contributed by atoms with E-state index < -0.39 is 28.2 Å². The van der Waals surface area contributed by atoms with Crippen molar-refractivity contribution in [2.24, 2.45) is 0 Å². The first-order valence-electron chi connectivity index (χ1n) is 6.45. The van der Waals surface area contributed by atoms with Crippen molar-refractivity contribution in [1.82, 2.24) is 0 Å². The van der Waals surface area contributed by atoms with Crippen LogP contribution in [0.15, 0.2) is 12.1 Å². The van der Waals surface area contributed by atoms with Gasteiger partial charge in [-0.25, -0.2) is 0 Å². The van der Waals surface area contributed by atoms with Crippen molar-refractivity contribution in [2.75, 3.05) is 5.75 Å². The summed E-state index contributed by atoms with van der Waals surface area (Å²) in [5.41, 5.74) is 1.11. The number of alkyl halides is 3. The van der Waals surface area contributed by atoms with Gasteiger partial charge in [0.15, 0.2) is 0 Å². The SMILES string of the molecule is [B]Cc1cc(C[B])c(C[B])c(OC(CS(=O)(=O)O)C(F)(F)F)c1. The lowest BCUT2D eigenvalue weighted by Crippen LogP contribution is -2.40. The first-order chi connectivity index (χ1) is 10.5. The largest absolute Gasteiger partial charge is 0.479 e. The number of hydrogen-bond acceptors (Lipinski definition) is 3. The van der Waals surface area contributed by atoms with Gasteiger partial charge in [-0.05, 0) is 11.6 Å². The van der Waals surface area contributed by atoms with E-state index in [1.807, 2.05) is 0 Å². The minimum absolute atomic E-state index is 0.00822. The summed E-state index contributed by atoms with van der Waals surface area (Å²) in [5, 5.41) is 0. The lowest BCUT2D eigenvalue weighted by atomic mass is 9.83. The van der Waals surface area contributed by atoms with Crippen molar-refractivity contribution in [2.45, 2.75) is 31.2 Å². The van der Waals surface area contributed by atoms with Gasteiger partial charge in [-0.3, -0.25) is 4.55 Å². The first kappa shape index (κ1) is 20.0. The van der Waals surface area contributed by atoms with Crippen molar-refractivity contribution in [3.05, 3.63) is 28.8 Å². The van der Waals surface area contributed by atoms with Crippen LogP contribution >= 0.6 is 0 Å². The molecule has 1 unspecified atom stereocenters. The Morgan fingerprint density at radius 1 is 1.13 bits per heavy atom. The maximum Gasteiger partial charge on any atom is 0.426 e. The summed E-state index contributed by atoms with van der Waals surface area (Å²) in [6.07, 6.45) is -7.91. The lowest BCUT2D eigenvalue weighted by Gasteiger charge is -2.24. The van der Waals surface area contributed by atoms with E-state index in [4.69, 9.17) is 32.8 Å². The Labute approximate surface area is 136 Å². The second kappa shape index (κ2) is 7.66. The molecule has 1 N–H and O–H groups in total. The Bertz CT molecular complexity index is 650. The molecule has 0 saturated carbocycles. The summed E-state index contributed by atoms with van der Waals surface area (Å²) in [5.74, 6) is -1.90. The summed E-state index contributed by atoms with van der Waals surface area (Å²) in [4.78, 5) is 0. The van der Waals surface area contributed by atoms with Gasteiger partial charge < -0.3 is 4.74 Å². The van der Waals surface area contributed by atoms with E-state index in [9.17, 15) is 21.6 Å². The van der Waals surface area contributed by atoms with Gasteiger partial charge in [0.05, 0.1) is 23.5 Å². The fourth-order valence-electron chi connectivity index (χ4n) is 1.94. The van der Waals surface area contributed by atoms with Crippen LogP contribution in [0.5, 0.6) is 5.75 Å². The predicted molar refractivity (Wildman–Crippen MR) is 81.7 cm³/mol. The number of rotatable bonds is 7. The molecule has 0 bridgehead atoms. The highest BCUT2D eigenvalue weighted by molar-refractivity contribution is 7.85. The standard InChI is InChI=1S/C12H12B3F3O4S/c13-3-7-1-8(4-14)9(5-15)10(2-7)22-11(12(16,17)18)6-23(19,20)21/h1-2,11H,3-6H2,(H,19,20,21). The molecule has 11 heteroatoms. The van der Waals surface area contributed by atoms with Gasteiger partial charge in [-0.15, -0.1) is 0 Å². The zero-order chi connectivity index (χ0) is 17.8. The van der Waals surface area contributed by atoms with E-state index in [-0.39, 0.29) is 30.3 Å². The summed E-state index contributed by atoms with van der Waals surface area (Å²) >= 11 is 0. The van der Waals surface area contributed by atoms with E-state index in [1.165, 1.54) is 6.07 Å². The molecular weight excluding hydrogens is 330 g/mol. The van der Waals surface area contributed by atoms with Crippen LogP contribution < -0.4 is 4.74 Å². The van der Waals surface area contributed by atoms with Gasteiger partial charge in [0.2, 0.25) is 6.10 Å². The van der Waals surface area contributed by atoms with Crippen LogP contribution in [0, 0.1) is 0 Å². The van der Waals surface area contributed by atoms with Crippen molar-refractivity contribution in [1.29, 1.82) is 0 Å². The molecule has 1 aromatic rings. The molecule has 0 aliphatic heterocycles. The van der Waals surface area contributed by atoms with Crippen molar-refractivity contribution < 1.29 is 30.9 Å². The molecule has 1 aromatic carbocycles. The van der Waals surface area contributed by atoms with Crippen LogP contribution in [0.25, 0.3) is 0 Å². The molecular formula is C12H12B3F3O4S. The third kappa shape index (κ3) is 5.80. The monoisotopic (exact) mass is 342 g/mol. The second-order valence-corrected chi connectivity index (χ2v) is 6.24. The molecule has 0 amide bonds. The molecule has 0 saturated heterocycles. The Balaban J connectivity index is 3.31. The summed E-state index contributed by atoms with van der Waals surface area (Å²) in [7, 11) is 11.6. The molecule has 23 heavy (non-hydrogen) atoms. The number of halogens is 3. The van der Waals surface area contributed by atoms with Crippen LogP contribution in [0.1, 0.15) is 16.7 Å². The Hall–Kier alpha value is -1.09. The first-order valence-corrected chi connectivity index (χ1v) is 8.06. The highest BCUT2D eigenvalue weighted by Crippen LogP contribution is 2.31. The molecule has 0 aliphatic rings. The number of hydrogen-bond donors (Lipinski definition) is 1. The van der Waals surface area contributed by atoms with E-state index in [1.54, 1.807) is 6.07 Å². The second-order valence-electron chi connectivity index (χ2n) is 4.74. The van der Waals surface area contributed by atoms with E-state index >= 15 is 0 Å². The normalized spacial score (nSPS) is 13.7. The summed E-state index contributed by atoms with van der Waals surface area (Å²) in [6.45, 7) is 0. The minimum atomic E-state index is -5.01. The molecule has 0 spiro atoms. The molecule has 0 aliphatic carbocycles. The summed E-state index contributed by atoms with van der Waals surface area (Å²) < 4.78 is 73.9. The van der Waals surface area contributed by atoms with Crippen LogP contribution in [0.3, 0.4) is 0 Å². The molecule has 0 fully saturated rings. The molecule has 4 nitrogen and oxygen atoms in total. The third-order valence-electron chi connectivity index (χ3n) is 3.02. The Morgan fingerprint density at radius 3 is 2.13 bits per heavy atom. The molecule has 6 radical (unpaired) electrons. The number of ether oxygens (including phenoxy) is 1. The summed E-state index contributed by atoms with van der Waals surface area (Å²) in [6, 6.07) is 2.82. The molecule has 120 valence electrons. The van der Waals surface area contributed by atoms with Crippen LogP contribution in [0.2, 0.25) is 0 Å². The molecule has 1 atom stereocenters. The maximum absolute atomic E-state index is 13.0. The highest BCUT2D eigenvalue weighted by Gasteiger charge is 2.44. The zero-order valence-electron chi connectivity index (χ0n) is 12.0. The van der Waals surface area contributed by atoms with Gasteiger partial charge in [0, 0.05) is 0 Å². The fourth-order valence-corrected chi connectivity index (χ4v) is 2.58. The fraction of sp³-hybridized carbons (Fsp3) is 0.500. The van der Waals surface area contributed by atoms with Crippen LogP contribution in [0.4, 0.5) is 13.2 Å². The van der Waals surface area contributed by atoms with Gasteiger partial charge in [-0.2, -0.15) is 21.6 Å². The van der Waals surface area contributed by atoms with Crippen LogP contribution in [-0.4, -0.2) is 54.5 Å². The molecule has 1 rings (SSSR count). The van der Waals surface area contributed by atoms with Gasteiger partial charge in [0.1, 0.15) is 11.5 Å². The van der Waals surface area contributed by atoms with Gasteiger partial charge in [-0.1, -0.05) is 36.2 Å². The third-order valence-corrected chi connectivity index (χ3v) is 3.74. The van der Waals surface area contributed by atoms with E-state index in [0.717, 1.165) is 0 Å². The Morgan fingerprint density at radius 2 is 1.74 bits per heavy atom.